The number of amides is 1. The molecule has 4 nitrogen and oxygen atoms in total. The third kappa shape index (κ3) is 2.54. The zero-order chi connectivity index (χ0) is 14.0. The summed E-state index contributed by atoms with van der Waals surface area (Å²) >= 11 is 6.51. The van der Waals surface area contributed by atoms with E-state index >= 15 is 0 Å². The van der Waals surface area contributed by atoms with E-state index in [1.165, 1.54) is 16.9 Å². The van der Waals surface area contributed by atoms with Crippen molar-refractivity contribution in [3.63, 3.8) is 0 Å². The maximum Gasteiger partial charge on any atom is 0.264 e. The number of nitrogen functional groups attached to an aromatic ring is 1. The van der Waals surface area contributed by atoms with Gasteiger partial charge in [0.15, 0.2) is 3.95 Å². The lowest BCUT2D eigenvalue weighted by atomic mass is 10.1. The molecule has 1 amide bonds. The van der Waals surface area contributed by atoms with Crippen LogP contribution in [0, 0.1) is 3.95 Å². The maximum absolute atomic E-state index is 11.7. The normalized spacial score (nSPS) is 10.4. The standard InChI is InChI=1S/C13H15N3OS2/c1-3-8-4-6-9(7-5-8)16-11(14)10(12(17)15-2)19-13(16)18/h4-7H,3,14H2,1-2H3,(H,15,17). The van der Waals surface area contributed by atoms with Crippen molar-refractivity contribution in [2.24, 2.45) is 0 Å². The molecule has 2 rings (SSSR count). The monoisotopic (exact) mass is 293 g/mol. The van der Waals surface area contributed by atoms with Crippen LogP contribution in [0.15, 0.2) is 24.3 Å². The van der Waals surface area contributed by atoms with Gasteiger partial charge in [-0.15, -0.1) is 0 Å². The zero-order valence-electron chi connectivity index (χ0n) is 10.8. The van der Waals surface area contributed by atoms with Crippen molar-refractivity contribution >= 4 is 35.3 Å². The first kappa shape index (κ1) is 13.8. The molecule has 0 saturated heterocycles. The Morgan fingerprint density at radius 2 is 2.05 bits per heavy atom. The number of thiazole rings is 1. The average molecular weight is 293 g/mol. The van der Waals surface area contributed by atoms with E-state index in [0.717, 1.165) is 12.1 Å². The fraction of sp³-hybridized carbons (Fsp3) is 0.231. The Labute approximate surface area is 120 Å². The van der Waals surface area contributed by atoms with Crippen LogP contribution in [0.3, 0.4) is 0 Å². The lowest BCUT2D eigenvalue weighted by Gasteiger charge is -2.07. The van der Waals surface area contributed by atoms with E-state index < -0.39 is 0 Å². The van der Waals surface area contributed by atoms with Crippen LogP contribution in [-0.4, -0.2) is 17.5 Å². The highest BCUT2D eigenvalue weighted by atomic mass is 32.1. The highest BCUT2D eigenvalue weighted by Gasteiger charge is 2.16. The largest absolute Gasteiger partial charge is 0.383 e. The summed E-state index contributed by atoms with van der Waals surface area (Å²) in [4.78, 5) is 12.1. The predicted octanol–water partition coefficient (Wildman–Crippen LogP) is 2.77. The molecule has 0 aliphatic heterocycles. The van der Waals surface area contributed by atoms with Crippen LogP contribution in [0.2, 0.25) is 0 Å². The Balaban J connectivity index is 2.53. The number of aryl methyl sites for hydroxylation is 1. The third-order valence-corrected chi connectivity index (χ3v) is 4.27. The molecule has 0 bridgehead atoms. The van der Waals surface area contributed by atoms with E-state index in [9.17, 15) is 4.79 Å². The smallest absolute Gasteiger partial charge is 0.264 e. The van der Waals surface area contributed by atoms with Gasteiger partial charge in [0.1, 0.15) is 10.7 Å². The number of nitrogens with zero attached hydrogens (tertiary/aromatic N) is 1. The summed E-state index contributed by atoms with van der Waals surface area (Å²) in [6.45, 7) is 2.10. The molecule has 19 heavy (non-hydrogen) atoms. The van der Waals surface area contributed by atoms with E-state index in [-0.39, 0.29) is 5.91 Å². The number of benzene rings is 1. The van der Waals surface area contributed by atoms with Crippen molar-refractivity contribution in [1.29, 1.82) is 0 Å². The van der Waals surface area contributed by atoms with Crippen molar-refractivity contribution in [3.8, 4) is 5.69 Å². The highest BCUT2D eigenvalue weighted by molar-refractivity contribution is 7.73. The van der Waals surface area contributed by atoms with Crippen molar-refractivity contribution in [3.05, 3.63) is 38.7 Å². The van der Waals surface area contributed by atoms with Gasteiger partial charge < -0.3 is 11.1 Å². The first-order valence-corrected chi connectivity index (χ1v) is 7.13. The summed E-state index contributed by atoms with van der Waals surface area (Å²) in [7, 11) is 1.57. The Hall–Kier alpha value is -1.66. The van der Waals surface area contributed by atoms with Crippen LogP contribution in [0.1, 0.15) is 22.2 Å². The van der Waals surface area contributed by atoms with Gasteiger partial charge in [0.25, 0.3) is 5.91 Å². The van der Waals surface area contributed by atoms with Crippen molar-refractivity contribution in [2.75, 3.05) is 12.8 Å². The number of carbonyl (C=O) groups excluding carboxylic acids is 1. The molecule has 0 unspecified atom stereocenters. The lowest BCUT2D eigenvalue weighted by Crippen LogP contribution is -2.18. The second-order valence-electron chi connectivity index (χ2n) is 4.02. The molecule has 0 saturated carbocycles. The van der Waals surface area contributed by atoms with Crippen LogP contribution in [-0.2, 0) is 6.42 Å². The summed E-state index contributed by atoms with van der Waals surface area (Å²) in [5, 5.41) is 2.56. The number of hydrogen-bond donors (Lipinski definition) is 2. The van der Waals surface area contributed by atoms with Crippen molar-refractivity contribution in [2.45, 2.75) is 13.3 Å². The van der Waals surface area contributed by atoms with E-state index in [1.54, 1.807) is 11.6 Å². The number of rotatable bonds is 3. The fourth-order valence-electron chi connectivity index (χ4n) is 1.79. The van der Waals surface area contributed by atoms with E-state index in [0.29, 0.717) is 14.6 Å². The second-order valence-corrected chi connectivity index (χ2v) is 5.66. The Morgan fingerprint density at radius 3 is 2.58 bits per heavy atom. The quantitative estimate of drug-likeness (QED) is 0.856. The molecular formula is C13H15N3OS2. The minimum absolute atomic E-state index is 0.211. The molecule has 0 aliphatic carbocycles. The molecule has 2 aromatic rings. The van der Waals surface area contributed by atoms with Gasteiger partial charge >= 0.3 is 0 Å². The molecule has 0 fully saturated rings. The molecule has 100 valence electrons. The molecule has 1 aromatic carbocycles. The van der Waals surface area contributed by atoms with Crippen LogP contribution in [0.5, 0.6) is 0 Å². The molecule has 6 heteroatoms. The lowest BCUT2D eigenvalue weighted by molar-refractivity contribution is 0.0967. The van der Waals surface area contributed by atoms with Gasteiger partial charge in [-0.1, -0.05) is 30.4 Å². The molecule has 0 atom stereocenters. The van der Waals surface area contributed by atoms with Gasteiger partial charge in [-0.05, 0) is 36.3 Å². The summed E-state index contributed by atoms with van der Waals surface area (Å²) in [6.07, 6.45) is 0.980. The Morgan fingerprint density at radius 1 is 1.42 bits per heavy atom. The van der Waals surface area contributed by atoms with Crippen molar-refractivity contribution < 1.29 is 4.79 Å². The maximum atomic E-state index is 11.7. The molecule has 1 heterocycles. The van der Waals surface area contributed by atoms with Gasteiger partial charge in [-0.25, -0.2) is 0 Å². The van der Waals surface area contributed by atoms with Crippen LogP contribution < -0.4 is 11.1 Å². The number of nitrogens with one attached hydrogen (secondary N) is 1. The van der Waals surface area contributed by atoms with Gasteiger partial charge in [-0.2, -0.15) is 0 Å². The number of anilines is 1. The summed E-state index contributed by atoms with van der Waals surface area (Å²) in [5.74, 6) is 0.177. The van der Waals surface area contributed by atoms with Gasteiger partial charge in [0, 0.05) is 12.7 Å². The van der Waals surface area contributed by atoms with Gasteiger partial charge in [0.2, 0.25) is 0 Å². The van der Waals surface area contributed by atoms with Crippen molar-refractivity contribution in [1.82, 2.24) is 9.88 Å². The van der Waals surface area contributed by atoms with E-state index in [1.807, 2.05) is 24.3 Å². The molecule has 0 radical (unpaired) electrons. The van der Waals surface area contributed by atoms with Crippen LogP contribution in [0.4, 0.5) is 5.82 Å². The van der Waals surface area contributed by atoms with Crippen LogP contribution in [0.25, 0.3) is 5.69 Å². The molecule has 0 spiro atoms. The number of nitrogens with two attached hydrogens (primary N) is 1. The Bertz CT molecular complexity index is 656. The minimum Gasteiger partial charge on any atom is -0.383 e. The van der Waals surface area contributed by atoms with E-state index in [4.69, 9.17) is 18.0 Å². The molecule has 0 aliphatic rings. The number of carbonyl (C=O) groups is 1. The van der Waals surface area contributed by atoms with E-state index in [2.05, 4.69) is 12.2 Å². The second kappa shape index (κ2) is 5.54. The number of hydrogen-bond acceptors (Lipinski definition) is 4. The first-order chi connectivity index (χ1) is 9.08. The zero-order valence-corrected chi connectivity index (χ0v) is 12.4. The molecule has 3 N–H and O–H groups in total. The number of aromatic nitrogens is 1. The topological polar surface area (TPSA) is 60.0 Å². The summed E-state index contributed by atoms with van der Waals surface area (Å²) in [5.41, 5.74) is 8.16. The van der Waals surface area contributed by atoms with Gasteiger partial charge in [0.05, 0.1) is 0 Å². The third-order valence-electron chi connectivity index (χ3n) is 2.88. The molecule has 1 aromatic heterocycles. The summed E-state index contributed by atoms with van der Waals surface area (Å²) in [6, 6.07) is 8.00. The Kier molecular flexibility index (Phi) is 4.01. The minimum atomic E-state index is -0.211. The summed E-state index contributed by atoms with van der Waals surface area (Å²) < 4.78 is 2.30. The van der Waals surface area contributed by atoms with Gasteiger partial charge in [-0.3, -0.25) is 9.36 Å². The fourth-order valence-corrected chi connectivity index (χ4v) is 3.10. The van der Waals surface area contributed by atoms with Crippen LogP contribution >= 0.6 is 23.6 Å². The molecular weight excluding hydrogens is 278 g/mol. The first-order valence-electron chi connectivity index (χ1n) is 5.91. The predicted molar refractivity (Wildman–Crippen MR) is 81.7 cm³/mol. The highest BCUT2D eigenvalue weighted by Crippen LogP contribution is 2.26. The average Bonchev–Trinajstić information content (AvgIpc) is 2.73. The SMILES string of the molecule is CCc1ccc(-n2c(N)c(C(=O)NC)sc2=S)cc1.